The van der Waals surface area contributed by atoms with E-state index in [0.29, 0.717) is 18.8 Å². The van der Waals surface area contributed by atoms with Gasteiger partial charge in [-0.1, -0.05) is 18.2 Å². The minimum Gasteiger partial charge on any atom is -0.364 e. The minimum atomic E-state index is -3.52. The van der Waals surface area contributed by atoms with Gasteiger partial charge in [-0.05, 0) is 43.2 Å². The first-order valence-corrected chi connectivity index (χ1v) is 11.6. The highest BCUT2D eigenvalue weighted by molar-refractivity contribution is 7.89. The molecule has 1 aliphatic heterocycles. The third-order valence-corrected chi connectivity index (χ3v) is 7.52. The number of carbonyl (C=O) groups is 1. The quantitative estimate of drug-likeness (QED) is 0.620. The van der Waals surface area contributed by atoms with Crippen LogP contribution in [0.3, 0.4) is 0 Å². The van der Waals surface area contributed by atoms with Gasteiger partial charge in [-0.15, -0.1) is 11.3 Å². The van der Waals surface area contributed by atoms with Gasteiger partial charge in [0.15, 0.2) is 0 Å². The van der Waals surface area contributed by atoms with E-state index in [9.17, 15) is 13.2 Å². The molecule has 0 bridgehead atoms. The molecule has 29 heavy (non-hydrogen) atoms. The summed E-state index contributed by atoms with van der Waals surface area (Å²) in [5.74, 6) is -0.346. The predicted octanol–water partition coefficient (Wildman–Crippen LogP) is 3.24. The van der Waals surface area contributed by atoms with Crippen LogP contribution in [-0.2, 0) is 26.2 Å². The van der Waals surface area contributed by atoms with Crippen molar-refractivity contribution in [2.75, 3.05) is 25.0 Å². The van der Waals surface area contributed by atoms with Crippen molar-refractivity contribution in [3.8, 4) is 0 Å². The monoisotopic (exact) mass is 431 g/mol. The van der Waals surface area contributed by atoms with E-state index in [0.717, 1.165) is 28.1 Å². The lowest BCUT2D eigenvalue weighted by Gasteiger charge is -2.16. The number of amides is 1. The predicted molar refractivity (Wildman–Crippen MR) is 112 cm³/mol. The van der Waals surface area contributed by atoms with Crippen molar-refractivity contribution >= 4 is 43.2 Å². The van der Waals surface area contributed by atoms with E-state index in [1.54, 1.807) is 18.2 Å². The molecule has 1 amide bonds. The maximum atomic E-state index is 12.7. The Morgan fingerprint density at radius 3 is 2.72 bits per heavy atom. The van der Waals surface area contributed by atoms with Crippen LogP contribution in [0.25, 0.3) is 10.2 Å². The van der Waals surface area contributed by atoms with E-state index < -0.39 is 10.0 Å². The molecule has 9 heteroatoms. The first-order chi connectivity index (χ1) is 14.0. The second-order valence-corrected chi connectivity index (χ2v) is 9.81. The van der Waals surface area contributed by atoms with E-state index in [1.807, 2.05) is 24.3 Å². The van der Waals surface area contributed by atoms with Gasteiger partial charge in [0.25, 0.3) is 0 Å². The van der Waals surface area contributed by atoms with Crippen molar-refractivity contribution in [3.63, 3.8) is 0 Å². The van der Waals surface area contributed by atoms with Crippen LogP contribution in [0.4, 0.5) is 5.69 Å². The highest BCUT2D eigenvalue weighted by Crippen LogP contribution is 2.24. The number of sulfonamides is 1. The van der Waals surface area contributed by atoms with Gasteiger partial charge in [-0.25, -0.2) is 13.4 Å². The fourth-order valence-electron chi connectivity index (χ4n) is 3.22. The molecule has 0 spiro atoms. The number of hydrogen-bond acceptors (Lipinski definition) is 6. The summed E-state index contributed by atoms with van der Waals surface area (Å²) in [6.45, 7) is 1.19. The van der Waals surface area contributed by atoms with Gasteiger partial charge in [-0.2, -0.15) is 4.31 Å². The minimum absolute atomic E-state index is 0.140. The van der Waals surface area contributed by atoms with E-state index in [-0.39, 0.29) is 24.0 Å². The van der Waals surface area contributed by atoms with Gasteiger partial charge >= 0.3 is 0 Å². The molecule has 7 nitrogen and oxygen atoms in total. The number of carbonyl (C=O) groups excluding carboxylic acids is 1. The molecule has 3 aromatic rings. The summed E-state index contributed by atoms with van der Waals surface area (Å²) in [4.78, 5) is 16.8. The Balaban J connectivity index is 1.33. The van der Waals surface area contributed by atoms with Gasteiger partial charge in [0.2, 0.25) is 15.9 Å². The van der Waals surface area contributed by atoms with Gasteiger partial charge in [0.1, 0.15) is 11.6 Å². The summed E-state index contributed by atoms with van der Waals surface area (Å²) in [5.41, 5.74) is 1.34. The van der Waals surface area contributed by atoms with E-state index in [4.69, 9.17) is 4.74 Å². The molecular weight excluding hydrogens is 410 g/mol. The third kappa shape index (κ3) is 4.64. The molecule has 1 aromatic heterocycles. The van der Waals surface area contributed by atoms with Gasteiger partial charge < -0.3 is 10.1 Å². The Kier molecular flexibility index (Phi) is 5.91. The lowest BCUT2D eigenvalue weighted by Crippen LogP contribution is -2.28. The Bertz CT molecular complexity index is 1090. The number of hydrogen-bond donors (Lipinski definition) is 1. The number of fused-ring (bicyclic) bond motifs is 1. The lowest BCUT2D eigenvalue weighted by atomic mass is 10.3. The van der Waals surface area contributed by atoms with Crippen LogP contribution in [0.2, 0.25) is 0 Å². The van der Waals surface area contributed by atoms with Crippen molar-refractivity contribution in [3.05, 3.63) is 53.5 Å². The van der Waals surface area contributed by atoms with Gasteiger partial charge in [-0.3, -0.25) is 4.79 Å². The number of benzene rings is 2. The number of nitrogens with zero attached hydrogens (tertiary/aromatic N) is 2. The van der Waals surface area contributed by atoms with Crippen LogP contribution in [0, 0.1) is 0 Å². The number of aromatic nitrogens is 1. The van der Waals surface area contributed by atoms with E-state index in [2.05, 4.69) is 10.3 Å². The average Bonchev–Trinajstić information content (AvgIpc) is 3.38. The highest BCUT2D eigenvalue weighted by atomic mass is 32.2. The SMILES string of the molecule is O=C(COCc1nc2ccccc2s1)Nc1cccc(S(=O)(=O)N2CCCC2)c1. The third-order valence-electron chi connectivity index (χ3n) is 4.62. The molecule has 1 fully saturated rings. The fourth-order valence-corrected chi connectivity index (χ4v) is 5.69. The molecule has 2 aromatic carbocycles. The zero-order chi connectivity index (χ0) is 20.3. The van der Waals surface area contributed by atoms with Crippen molar-refractivity contribution in [1.29, 1.82) is 0 Å². The molecule has 1 N–H and O–H groups in total. The number of ether oxygens (including phenoxy) is 1. The van der Waals surface area contributed by atoms with Crippen LogP contribution in [-0.4, -0.2) is 43.3 Å². The largest absolute Gasteiger partial charge is 0.364 e. The Morgan fingerprint density at radius 2 is 1.93 bits per heavy atom. The molecule has 1 aliphatic rings. The van der Waals surface area contributed by atoms with Crippen LogP contribution < -0.4 is 5.32 Å². The normalized spacial score (nSPS) is 15.0. The van der Waals surface area contributed by atoms with Crippen molar-refractivity contribution in [2.45, 2.75) is 24.3 Å². The van der Waals surface area contributed by atoms with Crippen molar-refractivity contribution in [2.24, 2.45) is 0 Å². The molecule has 0 aliphatic carbocycles. The molecule has 1 saturated heterocycles. The van der Waals surface area contributed by atoms with Crippen LogP contribution >= 0.6 is 11.3 Å². The summed E-state index contributed by atoms with van der Waals surface area (Å²) in [6, 6.07) is 14.1. The maximum absolute atomic E-state index is 12.7. The first kappa shape index (κ1) is 20.0. The van der Waals surface area contributed by atoms with Crippen LogP contribution in [0.15, 0.2) is 53.4 Å². The smallest absolute Gasteiger partial charge is 0.250 e. The number of para-hydroxylation sites is 1. The fraction of sp³-hybridized carbons (Fsp3) is 0.300. The number of nitrogens with one attached hydrogen (secondary N) is 1. The number of rotatable bonds is 7. The molecule has 2 heterocycles. The van der Waals surface area contributed by atoms with Crippen molar-refractivity contribution in [1.82, 2.24) is 9.29 Å². The number of anilines is 1. The average molecular weight is 432 g/mol. The molecule has 0 saturated carbocycles. The Labute approximate surface area is 173 Å². The standard InChI is InChI=1S/C20H21N3O4S2/c24-19(13-27-14-20-22-17-8-1-2-9-18(17)28-20)21-15-6-5-7-16(12-15)29(25,26)23-10-3-4-11-23/h1-2,5-9,12H,3-4,10-11,13-14H2,(H,21,24). The van der Waals surface area contributed by atoms with Gasteiger partial charge in [0.05, 0.1) is 21.7 Å². The Hall–Kier alpha value is -2.33. The van der Waals surface area contributed by atoms with Crippen LogP contribution in [0.1, 0.15) is 17.8 Å². The summed E-state index contributed by atoms with van der Waals surface area (Å²) >= 11 is 1.53. The molecular formula is C20H21N3O4S2. The van der Waals surface area contributed by atoms with E-state index >= 15 is 0 Å². The maximum Gasteiger partial charge on any atom is 0.250 e. The second-order valence-electron chi connectivity index (χ2n) is 6.76. The van der Waals surface area contributed by atoms with Crippen molar-refractivity contribution < 1.29 is 17.9 Å². The zero-order valence-corrected chi connectivity index (χ0v) is 17.3. The molecule has 0 atom stereocenters. The summed E-state index contributed by atoms with van der Waals surface area (Å²) in [5, 5.41) is 3.50. The summed E-state index contributed by atoms with van der Waals surface area (Å²) in [7, 11) is -3.52. The van der Waals surface area contributed by atoms with Crippen LogP contribution in [0.5, 0.6) is 0 Å². The summed E-state index contributed by atoms with van der Waals surface area (Å²) < 4.78 is 33.3. The van der Waals surface area contributed by atoms with Gasteiger partial charge in [0, 0.05) is 18.8 Å². The lowest BCUT2D eigenvalue weighted by molar-refractivity contribution is -0.121. The zero-order valence-electron chi connectivity index (χ0n) is 15.7. The van der Waals surface area contributed by atoms with E-state index in [1.165, 1.54) is 21.7 Å². The molecule has 4 rings (SSSR count). The molecule has 152 valence electrons. The molecule has 0 unspecified atom stereocenters. The summed E-state index contributed by atoms with van der Waals surface area (Å²) in [6.07, 6.45) is 1.75. The number of thiazole rings is 1. The molecule has 0 radical (unpaired) electrons. The Morgan fingerprint density at radius 1 is 1.14 bits per heavy atom. The highest BCUT2D eigenvalue weighted by Gasteiger charge is 2.27. The first-order valence-electron chi connectivity index (χ1n) is 9.35. The second kappa shape index (κ2) is 8.58. The topological polar surface area (TPSA) is 88.6 Å².